The second-order valence-electron chi connectivity index (χ2n) is 7.01. The fourth-order valence-corrected chi connectivity index (χ4v) is 3.78. The molecule has 1 saturated heterocycles. The zero-order valence-corrected chi connectivity index (χ0v) is 14.5. The van der Waals surface area contributed by atoms with Crippen molar-refractivity contribution in [2.24, 2.45) is 11.8 Å². The van der Waals surface area contributed by atoms with Gasteiger partial charge in [-0.25, -0.2) is 9.97 Å². The van der Waals surface area contributed by atoms with Gasteiger partial charge in [0.05, 0.1) is 11.4 Å². The quantitative estimate of drug-likeness (QED) is 0.904. The van der Waals surface area contributed by atoms with Gasteiger partial charge < -0.3 is 9.64 Å². The number of anilines is 1. The minimum atomic E-state index is 0.348. The molecule has 0 unspecified atom stereocenters. The van der Waals surface area contributed by atoms with Crippen LogP contribution >= 0.6 is 0 Å². The van der Waals surface area contributed by atoms with Gasteiger partial charge in [0.2, 0.25) is 0 Å². The van der Waals surface area contributed by atoms with Crippen LogP contribution < -0.4 is 4.90 Å². The number of hydrogen-bond donors (Lipinski definition) is 1. The third-order valence-corrected chi connectivity index (χ3v) is 5.10. The molecule has 0 bridgehead atoms. The molecule has 1 aliphatic heterocycles. The molecule has 2 fully saturated rings. The first-order chi connectivity index (χ1) is 11.7. The smallest absolute Gasteiger partial charge is 0.156 e. The van der Waals surface area contributed by atoms with E-state index in [1.54, 1.807) is 7.11 Å². The number of aromatic amines is 1. The van der Waals surface area contributed by atoms with Gasteiger partial charge in [0.15, 0.2) is 11.6 Å². The molecule has 4 rings (SSSR count). The molecule has 7 nitrogen and oxygen atoms in total. The van der Waals surface area contributed by atoms with E-state index >= 15 is 0 Å². The van der Waals surface area contributed by atoms with Crippen LogP contribution in [0.3, 0.4) is 0 Å². The Hall–Kier alpha value is -2.02. The number of nitrogens with zero attached hydrogens (tertiary/aromatic N) is 5. The summed E-state index contributed by atoms with van der Waals surface area (Å²) in [5, 5.41) is 7.47. The fraction of sp³-hybridized carbons (Fsp3) is 0.647. The summed E-state index contributed by atoms with van der Waals surface area (Å²) in [5.41, 5.74) is 1.95. The molecule has 1 saturated carbocycles. The summed E-state index contributed by atoms with van der Waals surface area (Å²) < 4.78 is 5.15. The number of hydrogen-bond acceptors (Lipinski definition) is 6. The van der Waals surface area contributed by atoms with Crippen LogP contribution in [-0.4, -0.2) is 45.3 Å². The summed E-state index contributed by atoms with van der Waals surface area (Å²) in [5.74, 6) is 4.46. The highest BCUT2D eigenvalue weighted by atomic mass is 16.5. The lowest BCUT2D eigenvalue weighted by molar-refractivity contribution is 0.178. The zero-order chi connectivity index (χ0) is 16.7. The van der Waals surface area contributed by atoms with Crippen molar-refractivity contribution in [1.82, 2.24) is 25.1 Å². The number of nitrogens with one attached hydrogen (secondary N) is 1. The highest BCUT2D eigenvalue weighted by molar-refractivity contribution is 5.45. The molecule has 0 radical (unpaired) electrons. The Labute approximate surface area is 141 Å². The molecule has 2 aliphatic rings. The minimum absolute atomic E-state index is 0.348. The van der Waals surface area contributed by atoms with Crippen LogP contribution in [-0.2, 0) is 11.3 Å². The Kier molecular flexibility index (Phi) is 3.96. The van der Waals surface area contributed by atoms with Gasteiger partial charge in [-0.05, 0) is 38.5 Å². The Bertz CT molecular complexity index is 726. The third-order valence-electron chi connectivity index (χ3n) is 5.10. The van der Waals surface area contributed by atoms with Gasteiger partial charge in [-0.15, -0.1) is 0 Å². The Balaban J connectivity index is 1.60. The SMILES string of the molecule is COCc1nc([C@H]2CN(c3nc(C)cnc3C)C[C@@H]2C2CC2)n[nH]1. The first-order valence-corrected chi connectivity index (χ1v) is 8.61. The number of aromatic nitrogens is 5. The molecule has 0 spiro atoms. The van der Waals surface area contributed by atoms with Crippen molar-refractivity contribution >= 4 is 5.82 Å². The summed E-state index contributed by atoms with van der Waals surface area (Å²) in [7, 11) is 1.67. The first-order valence-electron chi connectivity index (χ1n) is 8.61. The predicted molar refractivity (Wildman–Crippen MR) is 89.8 cm³/mol. The highest BCUT2D eigenvalue weighted by Crippen LogP contribution is 2.47. The predicted octanol–water partition coefficient (Wildman–Crippen LogP) is 1.99. The van der Waals surface area contributed by atoms with Crippen LogP contribution in [0.1, 0.15) is 41.8 Å². The van der Waals surface area contributed by atoms with Crippen molar-refractivity contribution in [2.75, 3.05) is 25.1 Å². The maximum Gasteiger partial charge on any atom is 0.156 e. The summed E-state index contributed by atoms with van der Waals surface area (Å²) in [6, 6.07) is 0. The van der Waals surface area contributed by atoms with Gasteiger partial charge in [-0.1, -0.05) is 0 Å². The third kappa shape index (κ3) is 2.88. The Morgan fingerprint density at radius 3 is 2.83 bits per heavy atom. The molecule has 2 aromatic rings. The molecule has 0 aromatic carbocycles. The molecule has 0 amide bonds. The van der Waals surface area contributed by atoms with Crippen LogP contribution in [0.4, 0.5) is 5.82 Å². The lowest BCUT2D eigenvalue weighted by atomic mass is 9.91. The highest BCUT2D eigenvalue weighted by Gasteiger charge is 2.45. The normalized spacial score (nSPS) is 23.9. The van der Waals surface area contributed by atoms with Gasteiger partial charge in [0.1, 0.15) is 12.4 Å². The molecule has 24 heavy (non-hydrogen) atoms. The summed E-state index contributed by atoms with van der Waals surface area (Å²) in [4.78, 5) is 16.2. The maximum absolute atomic E-state index is 5.15. The van der Waals surface area contributed by atoms with E-state index in [2.05, 4.69) is 25.1 Å². The van der Waals surface area contributed by atoms with Gasteiger partial charge in [-0.2, -0.15) is 5.10 Å². The van der Waals surface area contributed by atoms with Crippen molar-refractivity contribution in [1.29, 1.82) is 0 Å². The number of ether oxygens (including phenoxy) is 1. The monoisotopic (exact) mass is 328 g/mol. The number of H-pyrrole nitrogens is 1. The zero-order valence-electron chi connectivity index (χ0n) is 14.5. The standard InChI is InChI=1S/C17H24N6O/c1-10-6-18-11(2)17(19-10)23-7-13(12-4-5-12)14(8-23)16-20-15(9-24-3)21-22-16/h6,12-14H,4-5,7-9H2,1-3H3,(H,20,21,22)/t13-,14+/m1/s1. The summed E-state index contributed by atoms with van der Waals surface area (Å²) in [6.45, 7) is 6.42. The Morgan fingerprint density at radius 2 is 2.08 bits per heavy atom. The first kappa shape index (κ1) is 15.5. The molecule has 2 atom stereocenters. The van der Waals surface area contributed by atoms with E-state index in [9.17, 15) is 0 Å². The van der Waals surface area contributed by atoms with Crippen molar-refractivity contribution in [2.45, 2.75) is 39.2 Å². The van der Waals surface area contributed by atoms with Crippen LogP contribution in [0.25, 0.3) is 0 Å². The maximum atomic E-state index is 5.15. The van der Waals surface area contributed by atoms with Crippen molar-refractivity contribution < 1.29 is 4.74 Å². The van der Waals surface area contributed by atoms with Crippen LogP contribution in [0.15, 0.2) is 6.20 Å². The molecule has 7 heteroatoms. The molecule has 1 N–H and O–H groups in total. The van der Waals surface area contributed by atoms with Gasteiger partial charge >= 0.3 is 0 Å². The summed E-state index contributed by atoms with van der Waals surface area (Å²) in [6.07, 6.45) is 4.47. The molecule has 2 aromatic heterocycles. The fourth-order valence-electron chi connectivity index (χ4n) is 3.78. The largest absolute Gasteiger partial charge is 0.377 e. The van der Waals surface area contributed by atoms with E-state index in [1.165, 1.54) is 12.8 Å². The molecule has 128 valence electrons. The van der Waals surface area contributed by atoms with Crippen LogP contribution in [0, 0.1) is 25.7 Å². The topological polar surface area (TPSA) is 79.8 Å². The Morgan fingerprint density at radius 1 is 1.25 bits per heavy atom. The van der Waals surface area contributed by atoms with Gasteiger partial charge in [-0.3, -0.25) is 10.1 Å². The van der Waals surface area contributed by atoms with Crippen molar-refractivity contribution in [3.63, 3.8) is 0 Å². The second-order valence-corrected chi connectivity index (χ2v) is 7.01. The average Bonchev–Trinajstić information content (AvgIpc) is 3.15. The van der Waals surface area contributed by atoms with E-state index < -0.39 is 0 Å². The molecule has 3 heterocycles. The molecular formula is C17H24N6O. The van der Waals surface area contributed by atoms with E-state index in [-0.39, 0.29) is 0 Å². The lowest BCUT2D eigenvalue weighted by Crippen LogP contribution is -2.23. The second kappa shape index (κ2) is 6.12. The van der Waals surface area contributed by atoms with Crippen molar-refractivity contribution in [3.05, 3.63) is 29.2 Å². The van der Waals surface area contributed by atoms with Gasteiger partial charge in [0, 0.05) is 32.3 Å². The number of methoxy groups -OCH3 is 1. The van der Waals surface area contributed by atoms with E-state index in [0.29, 0.717) is 18.4 Å². The van der Waals surface area contributed by atoms with Crippen LogP contribution in [0.2, 0.25) is 0 Å². The van der Waals surface area contributed by atoms with Gasteiger partial charge in [0.25, 0.3) is 0 Å². The van der Waals surface area contributed by atoms with E-state index in [0.717, 1.165) is 47.9 Å². The molecular weight excluding hydrogens is 304 g/mol. The average molecular weight is 328 g/mol. The van der Waals surface area contributed by atoms with E-state index in [1.807, 2.05) is 20.0 Å². The van der Waals surface area contributed by atoms with E-state index in [4.69, 9.17) is 9.72 Å². The minimum Gasteiger partial charge on any atom is -0.377 e. The van der Waals surface area contributed by atoms with Crippen LogP contribution in [0.5, 0.6) is 0 Å². The lowest BCUT2D eigenvalue weighted by Gasteiger charge is -2.19. The summed E-state index contributed by atoms with van der Waals surface area (Å²) >= 11 is 0. The van der Waals surface area contributed by atoms with Crippen molar-refractivity contribution in [3.8, 4) is 0 Å². The number of aryl methyl sites for hydroxylation is 2. The number of rotatable bonds is 5. The molecule has 1 aliphatic carbocycles.